The molecule has 0 aromatic carbocycles. The Balaban J connectivity index is 2.60. The third-order valence-electron chi connectivity index (χ3n) is 1.10. The number of rotatable bonds is 2. The molecule has 0 saturated heterocycles. The lowest BCUT2D eigenvalue weighted by atomic mass is 10.4. The zero-order valence-electron chi connectivity index (χ0n) is 5.84. The van der Waals surface area contributed by atoms with E-state index in [2.05, 4.69) is 38.8 Å². The van der Waals surface area contributed by atoms with Crippen LogP contribution in [0.5, 0.6) is 0 Å². The van der Waals surface area contributed by atoms with Crippen molar-refractivity contribution >= 4 is 28.4 Å². The summed E-state index contributed by atoms with van der Waals surface area (Å²) in [6.45, 7) is 0.521. The fourth-order valence-electron chi connectivity index (χ4n) is 0.622. The second-order valence-electron chi connectivity index (χ2n) is 1.92. The number of aromatic nitrogens is 1. The zero-order valence-corrected chi connectivity index (χ0v) is 8.00. The van der Waals surface area contributed by atoms with Crippen LogP contribution in [-0.4, -0.2) is 11.5 Å². The van der Waals surface area contributed by atoms with Crippen molar-refractivity contribution in [3.8, 4) is 12.3 Å². The largest absolute Gasteiger partial charge is 0.359 e. The molecular formula is C8H7IN2. The van der Waals surface area contributed by atoms with Gasteiger partial charge in [-0.1, -0.05) is 5.92 Å². The highest BCUT2D eigenvalue weighted by Crippen LogP contribution is 2.05. The van der Waals surface area contributed by atoms with Crippen molar-refractivity contribution in [2.45, 2.75) is 0 Å². The summed E-state index contributed by atoms with van der Waals surface area (Å²) >= 11 is 2.20. The van der Waals surface area contributed by atoms with Crippen molar-refractivity contribution in [1.82, 2.24) is 4.98 Å². The first-order valence-corrected chi connectivity index (χ1v) is 4.19. The van der Waals surface area contributed by atoms with Crippen molar-refractivity contribution in [1.29, 1.82) is 0 Å². The van der Waals surface area contributed by atoms with Gasteiger partial charge in [0.2, 0.25) is 0 Å². The SMILES string of the molecule is C#CCNc1ccc(I)cn1. The summed E-state index contributed by atoms with van der Waals surface area (Å²) in [5.74, 6) is 3.30. The van der Waals surface area contributed by atoms with Gasteiger partial charge in [0.1, 0.15) is 5.82 Å². The van der Waals surface area contributed by atoms with E-state index in [1.54, 1.807) is 6.20 Å². The summed E-state index contributed by atoms with van der Waals surface area (Å²) in [6.07, 6.45) is 6.86. The molecule has 0 atom stereocenters. The quantitative estimate of drug-likeness (QED) is 0.645. The van der Waals surface area contributed by atoms with Gasteiger partial charge in [-0.05, 0) is 34.7 Å². The molecule has 2 nitrogen and oxygen atoms in total. The van der Waals surface area contributed by atoms with Crippen molar-refractivity contribution in [2.24, 2.45) is 0 Å². The third-order valence-corrected chi connectivity index (χ3v) is 1.74. The average molecular weight is 258 g/mol. The Labute approximate surface area is 79.6 Å². The number of hydrogen-bond acceptors (Lipinski definition) is 2. The topological polar surface area (TPSA) is 24.9 Å². The van der Waals surface area contributed by atoms with Gasteiger partial charge in [-0.25, -0.2) is 4.98 Å². The molecule has 0 radical (unpaired) electrons. The number of anilines is 1. The zero-order chi connectivity index (χ0) is 8.10. The lowest BCUT2D eigenvalue weighted by molar-refractivity contribution is 1.23. The Kier molecular flexibility index (Phi) is 3.17. The fourth-order valence-corrected chi connectivity index (χ4v) is 0.941. The van der Waals surface area contributed by atoms with E-state index in [1.165, 1.54) is 0 Å². The Morgan fingerprint density at radius 3 is 3.00 bits per heavy atom. The Morgan fingerprint density at radius 1 is 1.64 bits per heavy atom. The van der Waals surface area contributed by atoms with Crippen molar-refractivity contribution in [3.05, 3.63) is 21.9 Å². The van der Waals surface area contributed by atoms with E-state index in [0.717, 1.165) is 9.39 Å². The molecule has 11 heavy (non-hydrogen) atoms. The van der Waals surface area contributed by atoms with E-state index in [4.69, 9.17) is 6.42 Å². The molecule has 0 bridgehead atoms. The minimum Gasteiger partial charge on any atom is -0.359 e. The van der Waals surface area contributed by atoms with Crippen LogP contribution < -0.4 is 5.32 Å². The van der Waals surface area contributed by atoms with Crippen LogP contribution in [0.25, 0.3) is 0 Å². The predicted octanol–water partition coefficient (Wildman–Crippen LogP) is 1.73. The van der Waals surface area contributed by atoms with E-state index in [0.29, 0.717) is 6.54 Å². The van der Waals surface area contributed by atoms with Gasteiger partial charge in [-0.15, -0.1) is 6.42 Å². The predicted molar refractivity (Wildman–Crippen MR) is 54.3 cm³/mol. The van der Waals surface area contributed by atoms with E-state index in [9.17, 15) is 0 Å². The summed E-state index contributed by atoms with van der Waals surface area (Å²) in [5.41, 5.74) is 0. The molecule has 0 unspecified atom stereocenters. The van der Waals surface area contributed by atoms with Crippen LogP contribution in [0.3, 0.4) is 0 Å². The lowest BCUT2D eigenvalue weighted by Gasteiger charge is -1.99. The summed E-state index contributed by atoms with van der Waals surface area (Å²) in [7, 11) is 0. The molecule has 56 valence electrons. The number of halogens is 1. The molecule has 0 spiro atoms. The monoisotopic (exact) mass is 258 g/mol. The van der Waals surface area contributed by atoms with Crippen LogP contribution >= 0.6 is 22.6 Å². The standard InChI is InChI=1S/C8H7IN2/c1-2-5-10-8-4-3-7(9)6-11-8/h1,3-4,6H,5H2,(H,10,11). The molecule has 0 amide bonds. The molecule has 1 rings (SSSR count). The Morgan fingerprint density at radius 2 is 2.45 bits per heavy atom. The molecule has 0 aliphatic rings. The first-order valence-electron chi connectivity index (χ1n) is 3.12. The highest BCUT2D eigenvalue weighted by atomic mass is 127. The van der Waals surface area contributed by atoms with Crippen LogP contribution in [0.2, 0.25) is 0 Å². The molecular weight excluding hydrogens is 251 g/mol. The van der Waals surface area contributed by atoms with Gasteiger partial charge in [-0.3, -0.25) is 0 Å². The maximum absolute atomic E-state index is 5.06. The van der Waals surface area contributed by atoms with Crippen molar-refractivity contribution in [3.63, 3.8) is 0 Å². The van der Waals surface area contributed by atoms with Gasteiger partial charge in [0.25, 0.3) is 0 Å². The number of nitrogens with one attached hydrogen (secondary N) is 1. The first-order chi connectivity index (χ1) is 5.33. The van der Waals surface area contributed by atoms with Crippen molar-refractivity contribution < 1.29 is 0 Å². The van der Waals surface area contributed by atoms with E-state index in [-0.39, 0.29) is 0 Å². The molecule has 0 aliphatic heterocycles. The second-order valence-corrected chi connectivity index (χ2v) is 3.16. The molecule has 1 heterocycles. The fraction of sp³-hybridized carbons (Fsp3) is 0.125. The van der Waals surface area contributed by atoms with E-state index in [1.807, 2.05) is 12.1 Å². The van der Waals surface area contributed by atoms with Crippen LogP contribution in [0.15, 0.2) is 18.3 Å². The van der Waals surface area contributed by atoms with Gasteiger partial charge in [0.05, 0.1) is 6.54 Å². The van der Waals surface area contributed by atoms with Gasteiger partial charge in [-0.2, -0.15) is 0 Å². The summed E-state index contributed by atoms with van der Waals surface area (Å²) < 4.78 is 1.12. The molecule has 0 saturated carbocycles. The van der Waals surface area contributed by atoms with Gasteiger partial charge in [0.15, 0.2) is 0 Å². The average Bonchev–Trinajstić information content (AvgIpc) is 2.04. The first kappa shape index (κ1) is 8.34. The summed E-state index contributed by atoms with van der Waals surface area (Å²) in [5, 5.41) is 2.97. The van der Waals surface area contributed by atoms with Crippen LogP contribution in [-0.2, 0) is 0 Å². The normalized spacial score (nSPS) is 8.73. The molecule has 0 fully saturated rings. The lowest BCUT2D eigenvalue weighted by Crippen LogP contribution is -1.99. The third kappa shape index (κ3) is 2.76. The van der Waals surface area contributed by atoms with Gasteiger partial charge >= 0.3 is 0 Å². The minimum atomic E-state index is 0.521. The van der Waals surface area contributed by atoms with Crippen LogP contribution in [0.1, 0.15) is 0 Å². The number of nitrogens with zero attached hydrogens (tertiary/aromatic N) is 1. The van der Waals surface area contributed by atoms with Gasteiger partial charge < -0.3 is 5.32 Å². The highest BCUT2D eigenvalue weighted by Gasteiger charge is 1.89. The summed E-state index contributed by atoms with van der Waals surface area (Å²) in [4.78, 5) is 4.10. The smallest absolute Gasteiger partial charge is 0.126 e. The minimum absolute atomic E-state index is 0.521. The molecule has 0 aliphatic carbocycles. The second kappa shape index (κ2) is 4.19. The van der Waals surface area contributed by atoms with E-state index >= 15 is 0 Å². The molecule has 1 aromatic rings. The van der Waals surface area contributed by atoms with Crippen LogP contribution in [0, 0.1) is 15.9 Å². The molecule has 1 N–H and O–H groups in total. The van der Waals surface area contributed by atoms with Crippen LogP contribution in [0.4, 0.5) is 5.82 Å². The van der Waals surface area contributed by atoms with Gasteiger partial charge in [0, 0.05) is 9.77 Å². The van der Waals surface area contributed by atoms with E-state index < -0.39 is 0 Å². The summed E-state index contributed by atoms with van der Waals surface area (Å²) in [6, 6.07) is 3.88. The Bertz CT molecular complexity index is 260. The number of hydrogen-bond donors (Lipinski definition) is 1. The highest BCUT2D eigenvalue weighted by molar-refractivity contribution is 14.1. The van der Waals surface area contributed by atoms with Crippen molar-refractivity contribution in [2.75, 3.05) is 11.9 Å². The molecule has 1 aromatic heterocycles. The Hall–Kier alpha value is -0.760. The maximum Gasteiger partial charge on any atom is 0.126 e. The number of pyridine rings is 1. The number of terminal acetylenes is 1. The molecule has 3 heteroatoms. The maximum atomic E-state index is 5.06.